The van der Waals surface area contributed by atoms with Crippen LogP contribution in [0.5, 0.6) is 0 Å². The number of nitrogens with two attached hydrogens (primary N) is 1. The van der Waals surface area contributed by atoms with Gasteiger partial charge in [-0.05, 0) is 35.7 Å². The molecule has 122 valence electrons. The van der Waals surface area contributed by atoms with E-state index in [1.807, 2.05) is 24.3 Å². The Labute approximate surface area is 131 Å². The first kappa shape index (κ1) is 15.8. The highest BCUT2D eigenvalue weighted by Gasteiger charge is 2.47. The van der Waals surface area contributed by atoms with E-state index in [4.69, 9.17) is 5.73 Å². The average Bonchev–Trinajstić information content (AvgIpc) is 2.52. The molecule has 23 heavy (non-hydrogen) atoms. The van der Waals surface area contributed by atoms with Crippen LogP contribution in [0, 0.1) is 0 Å². The SMILES string of the molecule is N[C@@H]1CC[C@H](C(F)(F)F)N(C(=O)c2ccc3ccccc3c2)C1. The van der Waals surface area contributed by atoms with Crippen LogP contribution in [0.2, 0.25) is 0 Å². The third kappa shape index (κ3) is 3.17. The summed E-state index contributed by atoms with van der Waals surface area (Å²) in [6, 6.07) is 10.2. The molecule has 1 aliphatic rings. The lowest BCUT2D eigenvalue weighted by Gasteiger charge is -2.39. The predicted octanol–water partition coefficient (Wildman–Crippen LogP) is 3.33. The van der Waals surface area contributed by atoms with Gasteiger partial charge in [-0.25, -0.2) is 0 Å². The van der Waals surface area contributed by atoms with E-state index in [1.165, 1.54) is 0 Å². The van der Waals surface area contributed by atoms with Crippen molar-refractivity contribution < 1.29 is 18.0 Å². The summed E-state index contributed by atoms with van der Waals surface area (Å²) in [5.74, 6) is -0.617. The maximum Gasteiger partial charge on any atom is 0.408 e. The molecule has 1 aliphatic heterocycles. The van der Waals surface area contributed by atoms with E-state index in [0.717, 1.165) is 15.7 Å². The molecule has 1 heterocycles. The number of fused-ring (bicyclic) bond motifs is 1. The van der Waals surface area contributed by atoms with Gasteiger partial charge >= 0.3 is 6.18 Å². The van der Waals surface area contributed by atoms with Gasteiger partial charge in [-0.2, -0.15) is 13.2 Å². The number of carbonyl (C=O) groups is 1. The van der Waals surface area contributed by atoms with Gasteiger partial charge in [-0.3, -0.25) is 4.79 Å². The van der Waals surface area contributed by atoms with Crippen molar-refractivity contribution in [3.8, 4) is 0 Å². The largest absolute Gasteiger partial charge is 0.408 e. The first-order valence-corrected chi connectivity index (χ1v) is 7.48. The predicted molar refractivity (Wildman–Crippen MR) is 82.0 cm³/mol. The molecule has 0 unspecified atom stereocenters. The molecule has 1 amide bonds. The number of hydrogen-bond donors (Lipinski definition) is 1. The van der Waals surface area contributed by atoms with E-state index in [-0.39, 0.29) is 24.9 Å². The lowest BCUT2D eigenvalue weighted by atomic mass is 9.96. The van der Waals surface area contributed by atoms with Crippen LogP contribution in [0.15, 0.2) is 42.5 Å². The van der Waals surface area contributed by atoms with Crippen molar-refractivity contribution in [2.45, 2.75) is 31.1 Å². The molecule has 0 aliphatic carbocycles. The number of amides is 1. The van der Waals surface area contributed by atoms with E-state index in [2.05, 4.69) is 0 Å². The summed E-state index contributed by atoms with van der Waals surface area (Å²) in [5, 5.41) is 1.76. The Balaban J connectivity index is 1.94. The number of hydrogen-bond acceptors (Lipinski definition) is 2. The average molecular weight is 322 g/mol. The summed E-state index contributed by atoms with van der Waals surface area (Å²) >= 11 is 0. The Bertz CT molecular complexity index is 729. The fraction of sp³-hybridized carbons (Fsp3) is 0.353. The maximum atomic E-state index is 13.2. The third-order valence-electron chi connectivity index (χ3n) is 4.25. The van der Waals surface area contributed by atoms with Gasteiger partial charge in [0.05, 0.1) is 0 Å². The van der Waals surface area contributed by atoms with Gasteiger partial charge in [0, 0.05) is 18.2 Å². The highest BCUT2D eigenvalue weighted by atomic mass is 19.4. The fourth-order valence-corrected chi connectivity index (χ4v) is 3.05. The van der Waals surface area contributed by atoms with Crippen molar-refractivity contribution in [2.24, 2.45) is 5.73 Å². The zero-order chi connectivity index (χ0) is 16.6. The summed E-state index contributed by atoms with van der Waals surface area (Å²) < 4.78 is 39.6. The Hall–Kier alpha value is -2.08. The maximum absolute atomic E-state index is 13.2. The van der Waals surface area contributed by atoms with Gasteiger partial charge in [0.25, 0.3) is 5.91 Å². The molecule has 6 heteroatoms. The molecule has 1 fully saturated rings. The standard InChI is InChI=1S/C17H17F3N2O/c18-17(19,20)15-8-7-14(21)10-22(15)16(23)13-6-5-11-3-1-2-4-12(11)9-13/h1-6,9,14-15H,7-8,10,21H2/t14-,15-/m1/s1. The van der Waals surface area contributed by atoms with Gasteiger partial charge in [0.1, 0.15) is 6.04 Å². The van der Waals surface area contributed by atoms with Crippen molar-refractivity contribution in [1.82, 2.24) is 4.90 Å². The van der Waals surface area contributed by atoms with Crippen molar-refractivity contribution in [3.05, 3.63) is 48.0 Å². The molecule has 3 nitrogen and oxygen atoms in total. The Morgan fingerprint density at radius 3 is 2.48 bits per heavy atom. The van der Waals surface area contributed by atoms with Crippen LogP contribution in [0.4, 0.5) is 13.2 Å². The number of carbonyl (C=O) groups excluding carboxylic acids is 1. The Morgan fingerprint density at radius 1 is 1.09 bits per heavy atom. The molecule has 0 spiro atoms. The first-order chi connectivity index (χ1) is 10.9. The molecular weight excluding hydrogens is 305 g/mol. The normalized spacial score (nSPS) is 22.3. The van der Waals surface area contributed by atoms with Crippen LogP contribution in [0.3, 0.4) is 0 Å². The smallest absolute Gasteiger partial charge is 0.326 e. The van der Waals surface area contributed by atoms with Crippen molar-refractivity contribution in [2.75, 3.05) is 6.54 Å². The number of halogens is 3. The molecule has 0 aromatic heterocycles. The van der Waals surface area contributed by atoms with Gasteiger partial charge in [-0.15, -0.1) is 0 Å². The molecule has 2 N–H and O–H groups in total. The minimum absolute atomic E-state index is 0.0736. The number of alkyl halides is 3. The monoisotopic (exact) mass is 322 g/mol. The zero-order valence-electron chi connectivity index (χ0n) is 12.4. The van der Waals surface area contributed by atoms with Crippen molar-refractivity contribution in [3.63, 3.8) is 0 Å². The number of rotatable bonds is 1. The second-order valence-electron chi connectivity index (χ2n) is 5.91. The molecule has 2 atom stereocenters. The van der Waals surface area contributed by atoms with E-state index in [9.17, 15) is 18.0 Å². The molecule has 2 aromatic carbocycles. The Morgan fingerprint density at radius 2 is 1.78 bits per heavy atom. The highest BCUT2D eigenvalue weighted by Crippen LogP contribution is 2.32. The molecule has 3 rings (SSSR count). The molecule has 0 saturated carbocycles. The van der Waals surface area contributed by atoms with E-state index < -0.39 is 24.2 Å². The molecular formula is C17H17F3N2O. The van der Waals surface area contributed by atoms with Crippen LogP contribution in [0.1, 0.15) is 23.2 Å². The van der Waals surface area contributed by atoms with Gasteiger partial charge in [-0.1, -0.05) is 30.3 Å². The van der Waals surface area contributed by atoms with E-state index in [1.54, 1.807) is 18.2 Å². The number of likely N-dealkylation sites (tertiary alicyclic amines) is 1. The zero-order valence-corrected chi connectivity index (χ0v) is 12.4. The number of piperidine rings is 1. The lowest BCUT2D eigenvalue weighted by molar-refractivity contribution is -0.184. The minimum Gasteiger partial charge on any atom is -0.326 e. The van der Waals surface area contributed by atoms with Crippen LogP contribution in [-0.2, 0) is 0 Å². The lowest BCUT2D eigenvalue weighted by Crippen LogP contribution is -2.56. The number of benzene rings is 2. The number of nitrogens with zero attached hydrogens (tertiary/aromatic N) is 1. The van der Waals surface area contributed by atoms with Gasteiger partial charge < -0.3 is 10.6 Å². The van der Waals surface area contributed by atoms with Crippen molar-refractivity contribution in [1.29, 1.82) is 0 Å². The van der Waals surface area contributed by atoms with Crippen LogP contribution in [0.25, 0.3) is 10.8 Å². The summed E-state index contributed by atoms with van der Waals surface area (Å²) in [6.07, 6.45) is -4.32. The Kier molecular flexibility index (Phi) is 4.02. The summed E-state index contributed by atoms with van der Waals surface area (Å²) in [5.41, 5.74) is 6.03. The third-order valence-corrected chi connectivity index (χ3v) is 4.25. The summed E-state index contributed by atoms with van der Waals surface area (Å²) in [4.78, 5) is 13.5. The molecule has 1 saturated heterocycles. The molecule has 2 aromatic rings. The van der Waals surface area contributed by atoms with Crippen molar-refractivity contribution >= 4 is 16.7 Å². The van der Waals surface area contributed by atoms with E-state index >= 15 is 0 Å². The van der Waals surface area contributed by atoms with E-state index in [0.29, 0.717) is 0 Å². The minimum atomic E-state index is -4.44. The molecule has 0 bridgehead atoms. The summed E-state index contributed by atoms with van der Waals surface area (Å²) in [6.45, 7) is -0.0736. The van der Waals surface area contributed by atoms with Crippen LogP contribution >= 0.6 is 0 Å². The summed E-state index contributed by atoms with van der Waals surface area (Å²) in [7, 11) is 0. The topological polar surface area (TPSA) is 46.3 Å². The van der Waals surface area contributed by atoms with Gasteiger partial charge in [0.15, 0.2) is 0 Å². The van der Waals surface area contributed by atoms with Crippen LogP contribution < -0.4 is 5.73 Å². The fourth-order valence-electron chi connectivity index (χ4n) is 3.05. The quantitative estimate of drug-likeness (QED) is 0.875. The molecule has 0 radical (unpaired) electrons. The second kappa shape index (κ2) is 5.85. The van der Waals surface area contributed by atoms with Gasteiger partial charge in [0.2, 0.25) is 0 Å². The van der Waals surface area contributed by atoms with Crippen LogP contribution in [-0.4, -0.2) is 35.6 Å². The highest BCUT2D eigenvalue weighted by molar-refractivity contribution is 5.98. The second-order valence-corrected chi connectivity index (χ2v) is 5.91. The first-order valence-electron chi connectivity index (χ1n) is 7.48.